The van der Waals surface area contributed by atoms with Crippen LogP contribution in [0.5, 0.6) is 0 Å². The summed E-state index contributed by atoms with van der Waals surface area (Å²) in [5.41, 5.74) is -3.03. The van der Waals surface area contributed by atoms with Crippen molar-refractivity contribution in [1.29, 1.82) is 21.0 Å². The number of rotatable bonds is 0. The van der Waals surface area contributed by atoms with Crippen molar-refractivity contribution in [3.8, 4) is 24.3 Å². The van der Waals surface area contributed by atoms with E-state index in [1.165, 1.54) is 0 Å². The van der Waals surface area contributed by atoms with Gasteiger partial charge >= 0.3 is 0 Å². The zero-order valence-electron chi connectivity index (χ0n) is 8.21. The maximum absolute atomic E-state index is 9.24. The largest absolute Gasteiger partial charge is 0.369 e. The minimum Gasteiger partial charge on any atom is -0.369 e. The van der Waals surface area contributed by atoms with Gasteiger partial charge in [0.2, 0.25) is 0 Å². The van der Waals surface area contributed by atoms with Gasteiger partial charge in [-0.2, -0.15) is 21.0 Å². The second-order valence-electron chi connectivity index (χ2n) is 4.58. The molecule has 1 saturated heterocycles. The van der Waals surface area contributed by atoms with Gasteiger partial charge in [0.1, 0.15) is 0 Å². The van der Waals surface area contributed by atoms with Gasteiger partial charge in [-0.1, -0.05) is 0 Å². The van der Waals surface area contributed by atoms with Crippen molar-refractivity contribution in [2.75, 3.05) is 0 Å². The van der Waals surface area contributed by atoms with Crippen molar-refractivity contribution in [3.05, 3.63) is 0 Å². The molecule has 3 aliphatic rings. The molecule has 0 amide bonds. The van der Waals surface area contributed by atoms with E-state index in [1.807, 2.05) is 24.3 Å². The highest BCUT2D eigenvalue weighted by Gasteiger charge is 2.82. The Kier molecular flexibility index (Phi) is 1.35. The van der Waals surface area contributed by atoms with E-state index in [-0.39, 0.29) is 24.0 Å². The van der Waals surface area contributed by atoms with Gasteiger partial charge in [-0.05, 0) is 6.42 Å². The number of epoxide rings is 1. The standard InChI is InChI=1S/C11H6N4O/c12-2-10(3-13)6-1-7(9-8(6)16-9)11(10,4-14)5-15/h6-9H,1H2. The molecular weight excluding hydrogens is 204 g/mol. The van der Waals surface area contributed by atoms with Crippen LogP contribution < -0.4 is 0 Å². The Balaban J connectivity index is 2.26. The Bertz CT molecular complexity index is 464. The first-order valence-electron chi connectivity index (χ1n) is 5.01. The predicted molar refractivity (Wildman–Crippen MR) is 47.6 cm³/mol. The quantitative estimate of drug-likeness (QED) is 0.540. The summed E-state index contributed by atoms with van der Waals surface area (Å²) in [6, 6.07) is 7.69. The monoisotopic (exact) mass is 210 g/mol. The summed E-state index contributed by atoms with van der Waals surface area (Å²) in [5, 5.41) is 37.0. The van der Waals surface area contributed by atoms with Gasteiger partial charge < -0.3 is 4.74 Å². The number of nitriles is 4. The number of fused-ring (bicyclic) bond motifs is 5. The maximum atomic E-state index is 9.24. The Hall–Kier alpha value is -2.08. The Morgan fingerprint density at radius 3 is 1.50 bits per heavy atom. The van der Waals surface area contributed by atoms with Gasteiger partial charge in [-0.15, -0.1) is 0 Å². The van der Waals surface area contributed by atoms with E-state index in [0.717, 1.165) is 0 Å². The average Bonchev–Trinajstić information content (AvgIpc) is 2.97. The highest BCUT2D eigenvalue weighted by atomic mass is 16.6. The topological polar surface area (TPSA) is 108 Å². The van der Waals surface area contributed by atoms with Crippen LogP contribution in [0.2, 0.25) is 0 Å². The van der Waals surface area contributed by atoms with Crippen molar-refractivity contribution in [2.45, 2.75) is 18.6 Å². The Morgan fingerprint density at radius 1 is 0.812 bits per heavy atom. The van der Waals surface area contributed by atoms with Crippen LogP contribution in [0.1, 0.15) is 6.42 Å². The van der Waals surface area contributed by atoms with Gasteiger partial charge in [-0.3, -0.25) is 0 Å². The van der Waals surface area contributed by atoms with Crippen LogP contribution in [0.25, 0.3) is 0 Å². The first-order valence-corrected chi connectivity index (χ1v) is 5.01. The number of ether oxygens (including phenoxy) is 1. The summed E-state index contributed by atoms with van der Waals surface area (Å²) in [6.07, 6.45) is 0.413. The summed E-state index contributed by atoms with van der Waals surface area (Å²) in [5.74, 6) is -0.561. The number of nitrogens with zero attached hydrogens (tertiary/aromatic N) is 4. The molecule has 1 heterocycles. The van der Waals surface area contributed by atoms with Crippen LogP contribution in [0.4, 0.5) is 0 Å². The fourth-order valence-corrected chi connectivity index (χ4v) is 3.49. The van der Waals surface area contributed by atoms with Crippen LogP contribution in [-0.4, -0.2) is 12.2 Å². The average molecular weight is 210 g/mol. The SMILES string of the molecule is N#CC1(C#N)C2CC(C3OC32)C1(C#N)C#N. The smallest absolute Gasteiger partial charge is 0.181 e. The molecule has 2 aliphatic carbocycles. The molecule has 0 spiro atoms. The van der Waals surface area contributed by atoms with Crippen LogP contribution in [-0.2, 0) is 4.74 Å². The fourth-order valence-electron chi connectivity index (χ4n) is 3.49. The van der Waals surface area contributed by atoms with Crippen LogP contribution >= 0.6 is 0 Å². The van der Waals surface area contributed by atoms with Gasteiger partial charge in [-0.25, -0.2) is 0 Å². The lowest BCUT2D eigenvalue weighted by Gasteiger charge is -2.32. The first kappa shape index (κ1) is 9.17. The molecule has 5 heteroatoms. The molecule has 2 bridgehead atoms. The minimum absolute atomic E-state index is 0.0841. The Morgan fingerprint density at radius 2 is 1.19 bits per heavy atom. The first-order chi connectivity index (χ1) is 7.70. The van der Waals surface area contributed by atoms with Crippen LogP contribution in [0.3, 0.4) is 0 Å². The van der Waals surface area contributed by atoms with Crippen LogP contribution in [0.15, 0.2) is 0 Å². The molecule has 2 saturated carbocycles. The molecule has 1 aliphatic heterocycles. The molecule has 0 radical (unpaired) electrons. The third-order valence-corrected chi connectivity index (χ3v) is 4.30. The molecule has 3 rings (SSSR count). The fraction of sp³-hybridized carbons (Fsp3) is 0.636. The lowest BCUT2D eigenvalue weighted by Crippen LogP contribution is -2.46. The third kappa shape index (κ3) is 0.594. The zero-order chi connectivity index (χ0) is 11.6. The molecule has 3 fully saturated rings. The molecule has 0 aromatic carbocycles. The highest BCUT2D eigenvalue weighted by Crippen LogP contribution is 2.71. The van der Waals surface area contributed by atoms with Gasteiger partial charge in [0.05, 0.1) is 36.5 Å². The lowest BCUT2D eigenvalue weighted by molar-refractivity contribution is 0.215. The summed E-state index contributed by atoms with van der Waals surface area (Å²) in [4.78, 5) is 0. The second kappa shape index (κ2) is 2.35. The molecule has 76 valence electrons. The zero-order valence-corrected chi connectivity index (χ0v) is 8.21. The van der Waals surface area contributed by atoms with E-state index >= 15 is 0 Å². The molecule has 5 nitrogen and oxygen atoms in total. The number of hydrogen-bond donors (Lipinski definition) is 0. The lowest BCUT2D eigenvalue weighted by atomic mass is 9.58. The van der Waals surface area contributed by atoms with E-state index in [1.54, 1.807) is 0 Å². The predicted octanol–water partition coefficient (Wildman–Crippen LogP) is 0.471. The van der Waals surface area contributed by atoms with Gasteiger partial charge in [0.25, 0.3) is 0 Å². The van der Waals surface area contributed by atoms with Crippen molar-refractivity contribution in [2.24, 2.45) is 22.7 Å². The minimum atomic E-state index is -1.52. The molecular formula is C11H6N4O. The molecule has 16 heavy (non-hydrogen) atoms. The summed E-state index contributed by atoms with van der Waals surface area (Å²) in [7, 11) is 0. The highest BCUT2D eigenvalue weighted by molar-refractivity contribution is 5.45. The number of hydrogen-bond acceptors (Lipinski definition) is 5. The van der Waals surface area contributed by atoms with Gasteiger partial charge in [0.15, 0.2) is 10.8 Å². The van der Waals surface area contributed by atoms with Crippen molar-refractivity contribution in [1.82, 2.24) is 0 Å². The maximum Gasteiger partial charge on any atom is 0.181 e. The normalized spacial score (nSPS) is 43.2. The van der Waals surface area contributed by atoms with Gasteiger partial charge in [0, 0.05) is 11.8 Å². The van der Waals surface area contributed by atoms with Crippen molar-refractivity contribution in [3.63, 3.8) is 0 Å². The molecule has 0 N–H and O–H groups in total. The molecule has 4 atom stereocenters. The van der Waals surface area contributed by atoms with Crippen molar-refractivity contribution < 1.29 is 4.74 Å². The van der Waals surface area contributed by atoms with Crippen molar-refractivity contribution >= 4 is 0 Å². The van der Waals surface area contributed by atoms with E-state index in [9.17, 15) is 21.0 Å². The molecule has 0 aromatic heterocycles. The summed E-state index contributed by atoms with van der Waals surface area (Å²) in [6.45, 7) is 0. The van der Waals surface area contributed by atoms with E-state index in [2.05, 4.69) is 0 Å². The second-order valence-corrected chi connectivity index (χ2v) is 4.58. The summed E-state index contributed by atoms with van der Waals surface area (Å²) < 4.78 is 5.35. The van der Waals surface area contributed by atoms with E-state index in [0.29, 0.717) is 6.42 Å². The van der Waals surface area contributed by atoms with E-state index in [4.69, 9.17) is 4.74 Å². The third-order valence-electron chi connectivity index (χ3n) is 4.30. The molecule has 4 unspecified atom stereocenters. The molecule has 0 aromatic rings. The summed E-state index contributed by atoms with van der Waals surface area (Å²) >= 11 is 0. The van der Waals surface area contributed by atoms with E-state index < -0.39 is 10.8 Å². The van der Waals surface area contributed by atoms with Crippen LogP contribution in [0, 0.1) is 68.0 Å². The Labute approximate surface area is 92.1 Å².